The minimum Gasteiger partial charge on any atom is -0.310 e. The van der Waals surface area contributed by atoms with E-state index in [1.54, 1.807) is 0 Å². The quantitative estimate of drug-likeness (QED) is 0.812. The second-order valence-corrected chi connectivity index (χ2v) is 6.53. The highest BCUT2D eigenvalue weighted by Crippen LogP contribution is 2.18. The molecule has 1 N–H and O–H groups in total. The monoisotopic (exact) mass is 289 g/mol. The predicted molar refractivity (Wildman–Crippen MR) is 90.9 cm³/mol. The lowest BCUT2D eigenvalue weighted by Gasteiger charge is -2.32. The summed E-state index contributed by atoms with van der Waals surface area (Å²) in [7, 11) is 2.21. The Morgan fingerprint density at radius 2 is 1.86 bits per heavy atom. The molecule has 1 heterocycles. The van der Waals surface area contributed by atoms with Crippen LogP contribution in [0.25, 0.3) is 0 Å². The average molecular weight is 289 g/mol. The average Bonchev–Trinajstić information content (AvgIpc) is 2.45. The molecule has 0 aromatic heterocycles. The number of hydrogen-bond acceptors (Lipinski definition) is 3. The van der Waals surface area contributed by atoms with Gasteiger partial charge in [0.2, 0.25) is 0 Å². The normalized spacial score (nSPS) is 18.9. The molecule has 1 aliphatic rings. The molecular formula is C18H31N3. The first-order valence-corrected chi connectivity index (χ1v) is 8.27. The van der Waals surface area contributed by atoms with E-state index >= 15 is 0 Å². The summed E-state index contributed by atoms with van der Waals surface area (Å²) in [6.45, 7) is 13.8. The summed E-state index contributed by atoms with van der Waals surface area (Å²) in [6.07, 6.45) is 1.24. The van der Waals surface area contributed by atoms with Gasteiger partial charge in [0.1, 0.15) is 0 Å². The van der Waals surface area contributed by atoms with Gasteiger partial charge in [-0.15, -0.1) is 0 Å². The van der Waals surface area contributed by atoms with E-state index in [9.17, 15) is 0 Å². The number of piperazine rings is 1. The molecule has 0 aliphatic carbocycles. The predicted octanol–water partition coefficient (Wildman–Crippen LogP) is 2.59. The first-order valence-electron chi connectivity index (χ1n) is 8.27. The molecule has 1 fully saturated rings. The van der Waals surface area contributed by atoms with Crippen molar-refractivity contribution in [1.29, 1.82) is 0 Å². The molecule has 1 aliphatic heterocycles. The number of rotatable bonds is 6. The largest absolute Gasteiger partial charge is 0.310 e. The van der Waals surface area contributed by atoms with Crippen molar-refractivity contribution < 1.29 is 0 Å². The summed E-state index contributed by atoms with van der Waals surface area (Å²) in [5, 5.41) is 3.67. The second kappa shape index (κ2) is 7.92. The summed E-state index contributed by atoms with van der Waals surface area (Å²) in [5.41, 5.74) is 4.17. The van der Waals surface area contributed by atoms with E-state index in [4.69, 9.17) is 0 Å². The van der Waals surface area contributed by atoms with Crippen molar-refractivity contribution in [2.45, 2.75) is 33.2 Å². The fourth-order valence-electron chi connectivity index (χ4n) is 3.11. The van der Waals surface area contributed by atoms with E-state index < -0.39 is 0 Å². The Morgan fingerprint density at radius 1 is 1.14 bits per heavy atom. The van der Waals surface area contributed by atoms with Crippen molar-refractivity contribution in [3.63, 3.8) is 0 Å². The number of hydrogen-bond donors (Lipinski definition) is 1. The standard InChI is InChI=1S/C18H31N3/c1-15-6-7-18(16(2)14-15)17(3)19-8-5-9-21-12-10-20(4)11-13-21/h6-7,14,17,19H,5,8-13H2,1-4H3. The van der Waals surface area contributed by atoms with E-state index in [1.807, 2.05) is 0 Å². The zero-order chi connectivity index (χ0) is 15.2. The van der Waals surface area contributed by atoms with Crippen LogP contribution in [0.1, 0.15) is 36.1 Å². The highest BCUT2D eigenvalue weighted by molar-refractivity contribution is 5.32. The molecule has 0 amide bonds. The Kier molecular flexibility index (Phi) is 6.22. The first-order chi connectivity index (χ1) is 10.1. The van der Waals surface area contributed by atoms with Gasteiger partial charge in [0.25, 0.3) is 0 Å². The van der Waals surface area contributed by atoms with Crippen LogP contribution >= 0.6 is 0 Å². The third-order valence-corrected chi connectivity index (χ3v) is 4.59. The Hall–Kier alpha value is -0.900. The number of aryl methyl sites for hydroxylation is 2. The van der Waals surface area contributed by atoms with Crippen molar-refractivity contribution >= 4 is 0 Å². The molecule has 1 saturated heterocycles. The van der Waals surface area contributed by atoms with Gasteiger partial charge in [0.15, 0.2) is 0 Å². The van der Waals surface area contributed by atoms with Crippen LogP contribution in [0.4, 0.5) is 0 Å². The topological polar surface area (TPSA) is 18.5 Å². The molecule has 0 spiro atoms. The molecule has 0 saturated carbocycles. The highest BCUT2D eigenvalue weighted by atomic mass is 15.2. The smallest absolute Gasteiger partial charge is 0.0294 e. The Labute approximate surface area is 130 Å². The van der Waals surface area contributed by atoms with Crippen LogP contribution in [-0.2, 0) is 0 Å². The number of nitrogens with one attached hydrogen (secondary N) is 1. The van der Waals surface area contributed by atoms with E-state index in [1.165, 1.54) is 55.8 Å². The van der Waals surface area contributed by atoms with Crippen molar-refractivity contribution in [2.24, 2.45) is 0 Å². The lowest BCUT2D eigenvalue weighted by atomic mass is 10.0. The molecule has 1 aromatic carbocycles. The van der Waals surface area contributed by atoms with Gasteiger partial charge in [0, 0.05) is 32.2 Å². The molecular weight excluding hydrogens is 258 g/mol. The van der Waals surface area contributed by atoms with E-state index in [0.717, 1.165) is 6.54 Å². The van der Waals surface area contributed by atoms with Crippen LogP contribution in [-0.4, -0.2) is 56.1 Å². The zero-order valence-electron chi connectivity index (χ0n) is 14.2. The molecule has 0 bridgehead atoms. The summed E-state index contributed by atoms with van der Waals surface area (Å²) < 4.78 is 0. The van der Waals surface area contributed by atoms with Crippen LogP contribution in [0.2, 0.25) is 0 Å². The minimum absolute atomic E-state index is 0.443. The molecule has 1 aromatic rings. The Balaban J connectivity index is 1.68. The van der Waals surface area contributed by atoms with Gasteiger partial charge in [-0.1, -0.05) is 23.8 Å². The lowest BCUT2D eigenvalue weighted by Crippen LogP contribution is -2.45. The van der Waals surface area contributed by atoms with Crippen molar-refractivity contribution in [3.05, 3.63) is 34.9 Å². The molecule has 3 heteroatoms. The van der Waals surface area contributed by atoms with Crippen LogP contribution < -0.4 is 5.32 Å². The Bertz CT molecular complexity index is 436. The molecule has 118 valence electrons. The van der Waals surface area contributed by atoms with Gasteiger partial charge in [-0.05, 0) is 58.5 Å². The summed E-state index contributed by atoms with van der Waals surface area (Å²) >= 11 is 0. The van der Waals surface area contributed by atoms with Gasteiger partial charge >= 0.3 is 0 Å². The lowest BCUT2D eigenvalue weighted by molar-refractivity contribution is 0.152. The maximum atomic E-state index is 3.67. The fourth-order valence-corrected chi connectivity index (χ4v) is 3.11. The maximum Gasteiger partial charge on any atom is 0.0294 e. The summed E-state index contributed by atoms with van der Waals surface area (Å²) in [4.78, 5) is 5.00. The van der Waals surface area contributed by atoms with E-state index in [2.05, 4.69) is 61.1 Å². The van der Waals surface area contributed by atoms with Gasteiger partial charge < -0.3 is 15.1 Å². The minimum atomic E-state index is 0.443. The van der Waals surface area contributed by atoms with E-state index in [-0.39, 0.29) is 0 Å². The van der Waals surface area contributed by atoms with Crippen molar-refractivity contribution in [3.8, 4) is 0 Å². The third-order valence-electron chi connectivity index (χ3n) is 4.59. The van der Waals surface area contributed by atoms with Gasteiger partial charge in [-0.2, -0.15) is 0 Å². The Morgan fingerprint density at radius 3 is 2.52 bits per heavy atom. The van der Waals surface area contributed by atoms with Gasteiger partial charge in [0.05, 0.1) is 0 Å². The maximum absolute atomic E-state index is 3.67. The van der Waals surface area contributed by atoms with E-state index in [0.29, 0.717) is 6.04 Å². The number of likely N-dealkylation sites (N-methyl/N-ethyl adjacent to an activating group) is 1. The first kappa shape index (κ1) is 16.5. The molecule has 2 rings (SSSR count). The van der Waals surface area contributed by atoms with Crippen LogP contribution in [0.15, 0.2) is 18.2 Å². The van der Waals surface area contributed by atoms with Gasteiger partial charge in [-0.3, -0.25) is 0 Å². The fraction of sp³-hybridized carbons (Fsp3) is 0.667. The van der Waals surface area contributed by atoms with Crippen LogP contribution in [0.5, 0.6) is 0 Å². The highest BCUT2D eigenvalue weighted by Gasteiger charge is 2.13. The molecule has 1 unspecified atom stereocenters. The summed E-state index contributed by atoms with van der Waals surface area (Å²) in [6, 6.07) is 7.20. The molecule has 1 atom stereocenters. The van der Waals surface area contributed by atoms with Crippen molar-refractivity contribution in [2.75, 3.05) is 46.3 Å². The molecule has 3 nitrogen and oxygen atoms in total. The SMILES string of the molecule is Cc1ccc(C(C)NCCCN2CCN(C)CC2)c(C)c1. The summed E-state index contributed by atoms with van der Waals surface area (Å²) in [5.74, 6) is 0. The zero-order valence-corrected chi connectivity index (χ0v) is 14.2. The van der Waals surface area contributed by atoms with Crippen LogP contribution in [0, 0.1) is 13.8 Å². The van der Waals surface area contributed by atoms with Crippen molar-refractivity contribution in [1.82, 2.24) is 15.1 Å². The molecule has 21 heavy (non-hydrogen) atoms. The van der Waals surface area contributed by atoms with Gasteiger partial charge in [-0.25, -0.2) is 0 Å². The molecule has 0 radical (unpaired) electrons. The number of nitrogens with zero attached hydrogens (tertiary/aromatic N) is 2. The van der Waals surface area contributed by atoms with Crippen LogP contribution in [0.3, 0.4) is 0 Å². The number of benzene rings is 1. The second-order valence-electron chi connectivity index (χ2n) is 6.53. The third kappa shape index (κ3) is 5.10.